The fourth-order valence-corrected chi connectivity index (χ4v) is 3.13. The highest BCUT2D eigenvalue weighted by molar-refractivity contribution is 6.36. The molecule has 1 aromatic carbocycles. The monoisotopic (exact) mass is 342 g/mol. The number of nitrogens with two attached hydrogens (primary N) is 1. The predicted molar refractivity (Wildman–Crippen MR) is 82.7 cm³/mol. The third-order valence-corrected chi connectivity index (χ3v) is 4.43. The van der Waals surface area contributed by atoms with E-state index in [1.165, 1.54) is 6.07 Å². The molecule has 0 aliphatic carbocycles. The first-order valence-electron chi connectivity index (χ1n) is 6.70. The molecular weight excluding hydrogens is 330 g/mol. The quantitative estimate of drug-likeness (QED) is 0.823. The number of rotatable bonds is 2. The van der Waals surface area contributed by atoms with E-state index in [0.717, 1.165) is 18.2 Å². The summed E-state index contributed by atoms with van der Waals surface area (Å²) in [5.41, 5.74) is 7.35. The number of anilines is 1. The van der Waals surface area contributed by atoms with Crippen molar-refractivity contribution < 1.29 is 9.18 Å². The lowest BCUT2D eigenvalue weighted by Crippen LogP contribution is -2.29. The van der Waals surface area contributed by atoms with Crippen LogP contribution in [0.2, 0.25) is 10.0 Å². The zero-order valence-electron chi connectivity index (χ0n) is 11.4. The molecule has 3 rings (SSSR count). The molecule has 2 aromatic rings. The molecule has 0 radical (unpaired) electrons. The predicted octanol–water partition coefficient (Wildman–Crippen LogP) is 3.07. The van der Waals surface area contributed by atoms with Gasteiger partial charge in [0.05, 0.1) is 33.2 Å². The third-order valence-electron chi connectivity index (χ3n) is 3.82. The van der Waals surface area contributed by atoms with E-state index >= 15 is 0 Å². The van der Waals surface area contributed by atoms with Gasteiger partial charge in [0, 0.05) is 19.0 Å². The number of hydrogen-bond donors (Lipinski definition) is 2. The van der Waals surface area contributed by atoms with Gasteiger partial charge in [-0.3, -0.25) is 9.89 Å². The van der Waals surface area contributed by atoms with Crippen LogP contribution in [0.5, 0.6) is 0 Å². The van der Waals surface area contributed by atoms with Crippen LogP contribution in [0.1, 0.15) is 28.4 Å². The fourth-order valence-electron chi connectivity index (χ4n) is 2.67. The minimum absolute atomic E-state index is 0.0855. The van der Waals surface area contributed by atoms with E-state index in [-0.39, 0.29) is 27.4 Å². The van der Waals surface area contributed by atoms with Crippen molar-refractivity contribution in [2.24, 2.45) is 0 Å². The van der Waals surface area contributed by atoms with E-state index in [1.807, 2.05) is 0 Å². The summed E-state index contributed by atoms with van der Waals surface area (Å²) in [5, 5.41) is 6.78. The number of H-pyrrole nitrogens is 1. The number of aromatic amines is 1. The average molecular weight is 343 g/mol. The smallest absolute Gasteiger partial charge is 0.255 e. The van der Waals surface area contributed by atoms with E-state index in [4.69, 9.17) is 28.9 Å². The molecule has 0 saturated carbocycles. The lowest BCUT2D eigenvalue weighted by atomic mass is 10.0. The number of likely N-dealkylation sites (tertiary alicyclic amines) is 1. The minimum atomic E-state index is -0.664. The molecule has 8 heteroatoms. The Kier molecular flexibility index (Phi) is 3.97. The topological polar surface area (TPSA) is 75.0 Å². The Balaban J connectivity index is 1.80. The van der Waals surface area contributed by atoms with Crippen LogP contribution in [0.4, 0.5) is 10.1 Å². The molecule has 1 unspecified atom stereocenters. The number of carbonyl (C=O) groups is 1. The summed E-state index contributed by atoms with van der Waals surface area (Å²) in [6, 6.07) is 2.32. The molecule has 3 N–H and O–H groups in total. The first-order chi connectivity index (χ1) is 10.5. The second-order valence-electron chi connectivity index (χ2n) is 5.22. The molecule has 5 nitrogen and oxygen atoms in total. The Labute approximate surface area is 136 Å². The molecule has 1 aromatic heterocycles. The first kappa shape index (κ1) is 15.1. The van der Waals surface area contributed by atoms with Crippen LogP contribution in [-0.2, 0) is 0 Å². The Bertz CT molecular complexity index is 734. The summed E-state index contributed by atoms with van der Waals surface area (Å²) >= 11 is 11.7. The van der Waals surface area contributed by atoms with Crippen molar-refractivity contribution in [2.75, 3.05) is 18.8 Å². The summed E-state index contributed by atoms with van der Waals surface area (Å²) in [5.74, 6) is -0.897. The van der Waals surface area contributed by atoms with Crippen molar-refractivity contribution in [2.45, 2.75) is 12.3 Å². The van der Waals surface area contributed by atoms with E-state index in [0.29, 0.717) is 18.8 Å². The highest BCUT2D eigenvalue weighted by Crippen LogP contribution is 2.32. The van der Waals surface area contributed by atoms with Crippen LogP contribution in [0, 0.1) is 5.82 Å². The Morgan fingerprint density at radius 3 is 2.86 bits per heavy atom. The molecule has 2 heterocycles. The van der Waals surface area contributed by atoms with Gasteiger partial charge in [-0.25, -0.2) is 4.39 Å². The summed E-state index contributed by atoms with van der Waals surface area (Å²) in [6.45, 7) is 1.02. The van der Waals surface area contributed by atoms with Gasteiger partial charge in [-0.1, -0.05) is 23.2 Å². The Morgan fingerprint density at radius 1 is 1.41 bits per heavy atom. The standard InChI is InChI=1S/C14H13Cl2FN4O/c15-9-4-10(16)11(17)3-8(9)14(22)21-2-1-7(6-21)13-12(18)5-19-20-13/h3-5,7H,1-2,6,18H2,(H,19,20). The van der Waals surface area contributed by atoms with Crippen molar-refractivity contribution in [1.82, 2.24) is 15.1 Å². The molecule has 0 spiro atoms. The highest BCUT2D eigenvalue weighted by atomic mass is 35.5. The van der Waals surface area contributed by atoms with Gasteiger partial charge in [0.15, 0.2) is 0 Å². The number of nitrogens with one attached hydrogen (secondary N) is 1. The fraction of sp³-hybridized carbons (Fsp3) is 0.286. The number of nitrogens with zero attached hydrogens (tertiary/aromatic N) is 2. The van der Waals surface area contributed by atoms with E-state index in [9.17, 15) is 9.18 Å². The number of hydrogen-bond acceptors (Lipinski definition) is 3. The van der Waals surface area contributed by atoms with Crippen molar-refractivity contribution >= 4 is 34.8 Å². The van der Waals surface area contributed by atoms with Crippen LogP contribution < -0.4 is 5.73 Å². The second kappa shape index (κ2) is 5.78. The van der Waals surface area contributed by atoms with Gasteiger partial charge < -0.3 is 10.6 Å². The normalized spacial score (nSPS) is 18.0. The molecule has 1 fully saturated rings. The van der Waals surface area contributed by atoms with Crippen LogP contribution >= 0.6 is 23.2 Å². The SMILES string of the molecule is Nc1cn[nH]c1C1CCN(C(=O)c2cc(F)c(Cl)cc2Cl)C1. The number of nitrogen functional groups attached to an aromatic ring is 1. The van der Waals surface area contributed by atoms with Crippen LogP contribution in [0.25, 0.3) is 0 Å². The average Bonchev–Trinajstić information content (AvgIpc) is 3.10. The molecule has 1 atom stereocenters. The lowest BCUT2D eigenvalue weighted by molar-refractivity contribution is 0.0790. The molecule has 1 aliphatic heterocycles. The van der Waals surface area contributed by atoms with E-state index in [2.05, 4.69) is 10.2 Å². The van der Waals surface area contributed by atoms with Crippen LogP contribution in [0.15, 0.2) is 18.3 Å². The lowest BCUT2D eigenvalue weighted by Gasteiger charge is -2.17. The van der Waals surface area contributed by atoms with Gasteiger partial charge in [-0.15, -0.1) is 0 Å². The number of amides is 1. The van der Waals surface area contributed by atoms with Gasteiger partial charge in [0.25, 0.3) is 5.91 Å². The second-order valence-corrected chi connectivity index (χ2v) is 6.04. The molecular formula is C14H13Cl2FN4O. The maximum Gasteiger partial charge on any atom is 0.255 e. The summed E-state index contributed by atoms with van der Waals surface area (Å²) < 4.78 is 13.6. The molecule has 22 heavy (non-hydrogen) atoms. The zero-order valence-corrected chi connectivity index (χ0v) is 13.0. The molecule has 0 bridgehead atoms. The summed E-state index contributed by atoms with van der Waals surface area (Å²) in [7, 11) is 0. The van der Waals surface area contributed by atoms with E-state index in [1.54, 1.807) is 11.1 Å². The first-order valence-corrected chi connectivity index (χ1v) is 7.45. The van der Waals surface area contributed by atoms with Crippen molar-refractivity contribution in [3.63, 3.8) is 0 Å². The molecule has 1 saturated heterocycles. The largest absolute Gasteiger partial charge is 0.396 e. The number of halogens is 3. The molecule has 116 valence electrons. The van der Waals surface area contributed by atoms with Crippen molar-refractivity contribution in [3.8, 4) is 0 Å². The van der Waals surface area contributed by atoms with Gasteiger partial charge >= 0.3 is 0 Å². The minimum Gasteiger partial charge on any atom is -0.396 e. The van der Waals surface area contributed by atoms with Crippen LogP contribution in [0.3, 0.4) is 0 Å². The van der Waals surface area contributed by atoms with Crippen LogP contribution in [-0.4, -0.2) is 34.1 Å². The number of aromatic nitrogens is 2. The molecule has 1 amide bonds. The van der Waals surface area contributed by atoms with Crippen molar-refractivity contribution in [1.29, 1.82) is 0 Å². The Morgan fingerprint density at radius 2 is 2.18 bits per heavy atom. The summed E-state index contributed by atoms with van der Waals surface area (Å²) in [4.78, 5) is 14.1. The van der Waals surface area contributed by atoms with Gasteiger partial charge in [0.1, 0.15) is 5.82 Å². The number of benzene rings is 1. The maximum absolute atomic E-state index is 13.6. The van der Waals surface area contributed by atoms with Crippen molar-refractivity contribution in [3.05, 3.63) is 45.4 Å². The van der Waals surface area contributed by atoms with Gasteiger partial charge in [-0.05, 0) is 18.6 Å². The van der Waals surface area contributed by atoms with Gasteiger partial charge in [0.2, 0.25) is 0 Å². The third kappa shape index (κ3) is 2.64. The summed E-state index contributed by atoms with van der Waals surface area (Å²) in [6.07, 6.45) is 2.30. The zero-order chi connectivity index (χ0) is 15.9. The maximum atomic E-state index is 13.6. The molecule has 1 aliphatic rings. The number of carbonyl (C=O) groups excluding carboxylic acids is 1. The van der Waals surface area contributed by atoms with E-state index < -0.39 is 5.82 Å². The highest BCUT2D eigenvalue weighted by Gasteiger charge is 2.31. The Hall–Kier alpha value is -1.79. The van der Waals surface area contributed by atoms with Gasteiger partial charge in [-0.2, -0.15) is 5.10 Å².